The van der Waals surface area contributed by atoms with Gasteiger partial charge in [-0.3, -0.25) is 0 Å². The number of benzene rings is 11. The van der Waals surface area contributed by atoms with E-state index in [1.165, 1.54) is 122 Å². The fourth-order valence-corrected chi connectivity index (χ4v) is 16.1. The molecule has 75 heavy (non-hydrogen) atoms. The van der Waals surface area contributed by atoms with Crippen molar-refractivity contribution in [3.05, 3.63) is 265 Å². The lowest BCUT2D eigenvalue weighted by atomic mass is 9.65. The van der Waals surface area contributed by atoms with E-state index in [-0.39, 0.29) is 10.8 Å². The minimum atomic E-state index is -2.24. The SMILES string of the molecule is CC1(C)c2cc(-c3ccccc3)ccc2N2c3ccc(-c4ccccc4)cc3C(C)(C)c3cc(-c4ccc5c(c4)[Si](C)(C)c4cc(N(c6ccc(-c7ccccc7)cc6)c6ccc7ccccc7c6)ccc4-5)cc1c32. The molecule has 3 heteroatoms. The third-order valence-electron chi connectivity index (χ3n) is 17.2. The summed E-state index contributed by atoms with van der Waals surface area (Å²) in [5.74, 6) is 0. The van der Waals surface area contributed by atoms with Gasteiger partial charge in [0.05, 0.1) is 17.1 Å². The van der Waals surface area contributed by atoms with Crippen molar-refractivity contribution >= 4 is 63.3 Å². The molecular formula is C72H58N2Si. The number of hydrogen-bond acceptors (Lipinski definition) is 2. The first-order valence-electron chi connectivity index (χ1n) is 26.6. The van der Waals surface area contributed by atoms with Crippen LogP contribution in [0.4, 0.5) is 34.1 Å². The predicted molar refractivity (Wildman–Crippen MR) is 322 cm³/mol. The summed E-state index contributed by atoms with van der Waals surface area (Å²) in [5, 5.41) is 5.45. The van der Waals surface area contributed by atoms with Crippen LogP contribution in [0.15, 0.2) is 243 Å². The van der Waals surface area contributed by atoms with Crippen molar-refractivity contribution in [1.82, 2.24) is 0 Å². The maximum absolute atomic E-state index is 2.60. The van der Waals surface area contributed by atoms with Gasteiger partial charge in [0.2, 0.25) is 0 Å². The van der Waals surface area contributed by atoms with Gasteiger partial charge in [-0.1, -0.05) is 211 Å². The molecule has 0 fully saturated rings. The minimum absolute atomic E-state index is 0.287. The first kappa shape index (κ1) is 45.1. The van der Waals surface area contributed by atoms with Gasteiger partial charge in [0.25, 0.3) is 0 Å². The van der Waals surface area contributed by atoms with Gasteiger partial charge in [-0.25, -0.2) is 0 Å². The summed E-state index contributed by atoms with van der Waals surface area (Å²) in [4.78, 5) is 5.05. The summed E-state index contributed by atoms with van der Waals surface area (Å²) < 4.78 is 0. The Morgan fingerprint density at radius 1 is 0.320 bits per heavy atom. The molecule has 3 aliphatic heterocycles. The largest absolute Gasteiger partial charge is 0.310 e. The molecule has 0 saturated carbocycles. The van der Waals surface area contributed by atoms with E-state index < -0.39 is 8.07 Å². The fraction of sp³-hybridized carbons (Fsp3) is 0.111. The van der Waals surface area contributed by atoms with E-state index in [4.69, 9.17) is 0 Å². The van der Waals surface area contributed by atoms with Crippen LogP contribution in [0, 0.1) is 0 Å². The monoisotopic (exact) mass is 978 g/mol. The molecule has 3 aliphatic rings. The van der Waals surface area contributed by atoms with Crippen LogP contribution in [-0.2, 0) is 10.8 Å². The van der Waals surface area contributed by atoms with Crippen molar-refractivity contribution in [2.24, 2.45) is 0 Å². The Morgan fingerprint density at radius 2 is 0.720 bits per heavy atom. The zero-order valence-corrected chi connectivity index (χ0v) is 44.5. The van der Waals surface area contributed by atoms with Gasteiger partial charge in [0.1, 0.15) is 8.07 Å². The van der Waals surface area contributed by atoms with Gasteiger partial charge in [0, 0.05) is 27.9 Å². The smallest absolute Gasteiger partial charge is 0.113 e. The van der Waals surface area contributed by atoms with Crippen molar-refractivity contribution in [3.63, 3.8) is 0 Å². The number of rotatable bonds is 7. The summed E-state index contributed by atoms with van der Waals surface area (Å²) in [6, 6.07) is 91.1. The highest BCUT2D eigenvalue weighted by molar-refractivity contribution is 7.04. The van der Waals surface area contributed by atoms with E-state index in [9.17, 15) is 0 Å². The second-order valence-corrected chi connectivity index (χ2v) is 26.9. The predicted octanol–water partition coefficient (Wildman–Crippen LogP) is 18.5. The van der Waals surface area contributed by atoms with Crippen molar-refractivity contribution in [2.45, 2.75) is 51.6 Å². The third-order valence-corrected chi connectivity index (χ3v) is 20.7. The second-order valence-electron chi connectivity index (χ2n) is 22.6. The summed E-state index contributed by atoms with van der Waals surface area (Å²) in [5.41, 5.74) is 24.9. The molecule has 0 radical (unpaired) electrons. The van der Waals surface area contributed by atoms with E-state index in [0.717, 1.165) is 11.4 Å². The van der Waals surface area contributed by atoms with E-state index in [2.05, 4.69) is 293 Å². The summed E-state index contributed by atoms with van der Waals surface area (Å²) in [6.07, 6.45) is 0. The maximum Gasteiger partial charge on any atom is 0.113 e. The molecule has 0 amide bonds. The molecule has 0 aliphatic carbocycles. The molecule has 11 aromatic rings. The van der Waals surface area contributed by atoms with E-state index in [0.29, 0.717) is 0 Å². The van der Waals surface area contributed by atoms with Crippen molar-refractivity contribution in [2.75, 3.05) is 9.80 Å². The van der Waals surface area contributed by atoms with Crippen LogP contribution in [0.2, 0.25) is 13.1 Å². The van der Waals surface area contributed by atoms with E-state index in [1.54, 1.807) is 0 Å². The zero-order chi connectivity index (χ0) is 50.8. The molecule has 0 bridgehead atoms. The highest BCUT2D eigenvalue weighted by atomic mass is 28.3. The van der Waals surface area contributed by atoms with Crippen LogP contribution in [0.5, 0.6) is 0 Å². The quantitative estimate of drug-likeness (QED) is 0.147. The second kappa shape index (κ2) is 16.8. The highest BCUT2D eigenvalue weighted by Gasteiger charge is 2.46. The van der Waals surface area contributed by atoms with Crippen LogP contribution < -0.4 is 20.2 Å². The van der Waals surface area contributed by atoms with E-state index in [1.807, 2.05) is 0 Å². The van der Waals surface area contributed by atoms with Crippen molar-refractivity contribution in [1.29, 1.82) is 0 Å². The lowest BCUT2D eigenvalue weighted by Crippen LogP contribution is -2.49. The molecule has 2 nitrogen and oxygen atoms in total. The van der Waals surface area contributed by atoms with Crippen molar-refractivity contribution < 1.29 is 0 Å². The molecule has 0 spiro atoms. The Hall–Kier alpha value is -8.50. The Balaban J connectivity index is 0.900. The molecule has 14 rings (SSSR count). The van der Waals surface area contributed by atoms with Crippen LogP contribution in [0.1, 0.15) is 49.9 Å². The molecule has 0 unspecified atom stereocenters. The Morgan fingerprint density at radius 3 is 1.29 bits per heavy atom. The van der Waals surface area contributed by atoms with Crippen LogP contribution in [0.3, 0.4) is 0 Å². The molecule has 0 aromatic heterocycles. The molecule has 0 atom stereocenters. The highest BCUT2D eigenvalue weighted by Crippen LogP contribution is 2.61. The summed E-state index contributed by atoms with van der Waals surface area (Å²) in [7, 11) is -2.24. The minimum Gasteiger partial charge on any atom is -0.310 e. The van der Waals surface area contributed by atoms with Crippen LogP contribution in [-0.4, -0.2) is 8.07 Å². The fourth-order valence-electron chi connectivity index (χ4n) is 13.0. The lowest BCUT2D eigenvalue weighted by molar-refractivity contribution is 0.598. The average Bonchev–Trinajstić information content (AvgIpc) is 3.68. The van der Waals surface area contributed by atoms with Gasteiger partial charge in [-0.05, 0) is 172 Å². The molecule has 3 heterocycles. The number of anilines is 6. The molecule has 0 saturated heterocycles. The molecule has 0 N–H and O–H groups in total. The van der Waals surface area contributed by atoms with Gasteiger partial charge < -0.3 is 9.80 Å². The van der Waals surface area contributed by atoms with Gasteiger partial charge >= 0.3 is 0 Å². The van der Waals surface area contributed by atoms with Crippen LogP contribution >= 0.6 is 0 Å². The molecule has 11 aromatic carbocycles. The van der Waals surface area contributed by atoms with Crippen LogP contribution in [0.25, 0.3) is 66.4 Å². The number of fused-ring (bicyclic) bond motifs is 8. The Bertz CT molecular complexity index is 3950. The Kier molecular flexibility index (Phi) is 10.1. The maximum atomic E-state index is 2.60. The first-order chi connectivity index (χ1) is 36.4. The van der Waals surface area contributed by atoms with E-state index >= 15 is 0 Å². The number of hydrogen-bond donors (Lipinski definition) is 0. The lowest BCUT2D eigenvalue weighted by Gasteiger charge is -2.50. The first-order valence-corrected chi connectivity index (χ1v) is 29.6. The topological polar surface area (TPSA) is 6.48 Å². The summed E-state index contributed by atoms with van der Waals surface area (Å²) in [6.45, 7) is 14.9. The standard InChI is InChI=1S/C72H58N2Si/c1-71(2)62-41-53(48-20-12-8-13-21-48)30-38-66(62)74-67-39-31-54(49-22-14-9-15-23-49)42-63(67)72(3,4)65-44-56(43-64(71)70(65)74)55-29-36-60-61-37-35-59(46-69(61)75(5,6)68(60)45-55)73(58-34-28-50-24-16-17-25-52(50)40-58)57-32-26-51(27-33-57)47-18-10-7-11-19-47/h7-46H,1-6H3. The van der Waals surface area contributed by atoms with Gasteiger partial charge in [-0.2, -0.15) is 0 Å². The van der Waals surface area contributed by atoms with Gasteiger partial charge in [0.15, 0.2) is 0 Å². The Labute approximate surface area is 442 Å². The van der Waals surface area contributed by atoms with Gasteiger partial charge in [-0.15, -0.1) is 0 Å². The normalized spacial score (nSPS) is 14.8. The number of nitrogens with zero attached hydrogens (tertiary/aromatic N) is 2. The average molecular weight is 979 g/mol. The third kappa shape index (κ3) is 7.05. The zero-order valence-electron chi connectivity index (χ0n) is 43.5. The molecular weight excluding hydrogens is 921 g/mol. The summed E-state index contributed by atoms with van der Waals surface area (Å²) >= 11 is 0. The molecule has 360 valence electrons. The van der Waals surface area contributed by atoms with Crippen molar-refractivity contribution in [3.8, 4) is 55.6 Å².